The van der Waals surface area contributed by atoms with E-state index in [1.165, 1.54) is 4.90 Å². The predicted molar refractivity (Wildman–Crippen MR) is 106 cm³/mol. The molecule has 2 aromatic rings. The van der Waals surface area contributed by atoms with Crippen LogP contribution in [0.15, 0.2) is 24.4 Å². The second-order valence-electron chi connectivity index (χ2n) is 7.92. The van der Waals surface area contributed by atoms with E-state index < -0.39 is 30.8 Å². The average molecular weight is 456 g/mol. The SMILES string of the molecule is CCC(=O)N1CCC(c2cc(Nc3cc(C(F)(F)F)ccn3)nc(N3CC(F)(F)C3)n2)C1. The number of aromatic nitrogens is 3. The number of likely N-dealkylation sites (tertiary alicyclic amines) is 1. The molecule has 1 amide bonds. The van der Waals surface area contributed by atoms with Crippen molar-refractivity contribution >= 4 is 23.5 Å². The van der Waals surface area contributed by atoms with E-state index in [1.54, 1.807) is 17.9 Å². The van der Waals surface area contributed by atoms with Crippen LogP contribution < -0.4 is 10.2 Å². The molecule has 1 atom stereocenters. The van der Waals surface area contributed by atoms with Gasteiger partial charge in [-0.15, -0.1) is 0 Å². The molecule has 2 aliphatic rings. The van der Waals surface area contributed by atoms with Gasteiger partial charge in [0.05, 0.1) is 24.3 Å². The van der Waals surface area contributed by atoms with Crippen molar-refractivity contribution < 1.29 is 26.7 Å². The third-order valence-electron chi connectivity index (χ3n) is 5.47. The standard InChI is InChI=1S/C20H21F5N6O/c1-2-17(32)30-6-4-12(9-30)14-8-16(29-18(27-14)31-10-19(21,22)11-31)28-15-7-13(3-5-26-15)20(23,24)25/h3,5,7-8,12H,2,4,6,9-11H2,1H3,(H,26,27,28,29). The van der Waals surface area contributed by atoms with Gasteiger partial charge in [-0.05, 0) is 18.6 Å². The summed E-state index contributed by atoms with van der Waals surface area (Å²) in [6.07, 6.45) is -2.50. The summed E-state index contributed by atoms with van der Waals surface area (Å²) in [5, 5.41) is 2.73. The molecular weight excluding hydrogens is 435 g/mol. The van der Waals surface area contributed by atoms with Crippen molar-refractivity contribution in [2.45, 2.75) is 37.8 Å². The third kappa shape index (κ3) is 4.73. The van der Waals surface area contributed by atoms with Gasteiger partial charge in [0.2, 0.25) is 11.9 Å². The fourth-order valence-corrected chi connectivity index (χ4v) is 3.78. The normalized spacial score (nSPS) is 20.2. The molecule has 7 nitrogen and oxygen atoms in total. The summed E-state index contributed by atoms with van der Waals surface area (Å²) in [6.45, 7) is 1.68. The number of hydrogen-bond donors (Lipinski definition) is 1. The van der Waals surface area contributed by atoms with Gasteiger partial charge in [-0.25, -0.2) is 18.7 Å². The Balaban J connectivity index is 1.62. The molecule has 2 fully saturated rings. The highest BCUT2D eigenvalue weighted by Gasteiger charge is 2.45. The number of nitrogens with zero attached hydrogens (tertiary/aromatic N) is 5. The Labute approximate surface area is 180 Å². The second-order valence-corrected chi connectivity index (χ2v) is 7.92. The Morgan fingerprint density at radius 2 is 1.97 bits per heavy atom. The number of carbonyl (C=O) groups is 1. The van der Waals surface area contributed by atoms with Gasteiger partial charge < -0.3 is 15.1 Å². The highest BCUT2D eigenvalue weighted by molar-refractivity contribution is 5.76. The fraction of sp³-hybridized carbons (Fsp3) is 0.500. The van der Waals surface area contributed by atoms with Crippen LogP contribution in [0.2, 0.25) is 0 Å². The Kier molecular flexibility index (Phi) is 5.63. The Morgan fingerprint density at radius 1 is 1.22 bits per heavy atom. The van der Waals surface area contributed by atoms with Gasteiger partial charge in [0.1, 0.15) is 11.6 Å². The topological polar surface area (TPSA) is 74.2 Å². The van der Waals surface area contributed by atoms with Crippen molar-refractivity contribution in [2.75, 3.05) is 36.4 Å². The van der Waals surface area contributed by atoms with Crippen LogP contribution in [0.4, 0.5) is 39.5 Å². The zero-order chi connectivity index (χ0) is 23.1. The highest BCUT2D eigenvalue weighted by atomic mass is 19.4. The van der Waals surface area contributed by atoms with E-state index in [9.17, 15) is 26.7 Å². The number of halogens is 5. The first-order valence-electron chi connectivity index (χ1n) is 10.1. The van der Waals surface area contributed by atoms with Gasteiger partial charge in [0, 0.05) is 37.7 Å². The summed E-state index contributed by atoms with van der Waals surface area (Å²) in [4.78, 5) is 27.6. The number of anilines is 3. The number of nitrogens with one attached hydrogen (secondary N) is 1. The van der Waals surface area contributed by atoms with E-state index in [4.69, 9.17) is 0 Å². The maximum absolute atomic E-state index is 13.4. The van der Waals surface area contributed by atoms with Crippen molar-refractivity contribution in [1.29, 1.82) is 0 Å². The summed E-state index contributed by atoms with van der Waals surface area (Å²) in [6, 6.07) is 3.26. The first kappa shape index (κ1) is 22.2. The van der Waals surface area contributed by atoms with Crippen molar-refractivity contribution in [1.82, 2.24) is 19.9 Å². The van der Waals surface area contributed by atoms with Crippen LogP contribution in [0.1, 0.15) is 36.9 Å². The minimum absolute atomic E-state index is 0.00989. The van der Waals surface area contributed by atoms with Gasteiger partial charge >= 0.3 is 6.18 Å². The smallest absolute Gasteiger partial charge is 0.342 e. The lowest BCUT2D eigenvalue weighted by Gasteiger charge is -2.38. The molecule has 0 saturated carbocycles. The molecule has 0 bridgehead atoms. The van der Waals surface area contributed by atoms with E-state index >= 15 is 0 Å². The number of hydrogen-bond acceptors (Lipinski definition) is 6. The van der Waals surface area contributed by atoms with E-state index in [2.05, 4.69) is 20.3 Å². The molecule has 32 heavy (non-hydrogen) atoms. The van der Waals surface area contributed by atoms with Crippen molar-refractivity contribution in [3.8, 4) is 0 Å². The van der Waals surface area contributed by atoms with Gasteiger partial charge in [-0.3, -0.25) is 4.79 Å². The van der Waals surface area contributed by atoms with Crippen molar-refractivity contribution in [3.63, 3.8) is 0 Å². The van der Waals surface area contributed by atoms with Crippen LogP contribution in [-0.4, -0.2) is 57.9 Å². The summed E-state index contributed by atoms with van der Waals surface area (Å²) in [5.41, 5.74) is -0.345. The number of alkyl halides is 5. The van der Waals surface area contributed by atoms with E-state index in [-0.39, 0.29) is 29.4 Å². The molecule has 172 valence electrons. The maximum atomic E-state index is 13.4. The van der Waals surface area contributed by atoms with Crippen LogP contribution in [-0.2, 0) is 11.0 Å². The van der Waals surface area contributed by atoms with Crippen molar-refractivity contribution in [2.24, 2.45) is 0 Å². The molecule has 2 saturated heterocycles. The number of amides is 1. The number of rotatable bonds is 5. The first-order chi connectivity index (χ1) is 15.0. The van der Waals surface area contributed by atoms with Crippen LogP contribution in [0.3, 0.4) is 0 Å². The lowest BCUT2D eigenvalue weighted by Crippen LogP contribution is -2.57. The molecule has 1 N–H and O–H groups in total. The molecule has 2 aromatic heterocycles. The quantitative estimate of drug-likeness (QED) is 0.690. The van der Waals surface area contributed by atoms with Gasteiger partial charge in [-0.1, -0.05) is 6.92 Å². The zero-order valence-corrected chi connectivity index (χ0v) is 17.2. The monoisotopic (exact) mass is 456 g/mol. The Morgan fingerprint density at radius 3 is 2.62 bits per heavy atom. The van der Waals surface area contributed by atoms with E-state index in [1.807, 2.05) is 0 Å². The minimum atomic E-state index is -4.54. The Bertz CT molecular complexity index is 1010. The lowest BCUT2D eigenvalue weighted by molar-refractivity contribution is -0.137. The molecule has 0 spiro atoms. The Hall–Kier alpha value is -3.05. The molecule has 0 radical (unpaired) electrons. The zero-order valence-electron chi connectivity index (χ0n) is 17.2. The second kappa shape index (κ2) is 8.14. The summed E-state index contributed by atoms with van der Waals surface area (Å²) in [7, 11) is 0. The summed E-state index contributed by atoms with van der Waals surface area (Å²) < 4.78 is 65.8. The van der Waals surface area contributed by atoms with Gasteiger partial charge in [0.15, 0.2) is 0 Å². The average Bonchev–Trinajstić information content (AvgIpc) is 3.21. The maximum Gasteiger partial charge on any atom is 0.416 e. The molecule has 0 aromatic carbocycles. The molecule has 12 heteroatoms. The first-order valence-corrected chi connectivity index (χ1v) is 10.1. The number of carbonyl (C=O) groups excluding carboxylic acids is 1. The van der Waals surface area contributed by atoms with Crippen LogP contribution in [0, 0.1) is 0 Å². The third-order valence-corrected chi connectivity index (χ3v) is 5.47. The lowest BCUT2D eigenvalue weighted by atomic mass is 10.0. The molecule has 2 aliphatic heterocycles. The van der Waals surface area contributed by atoms with Crippen LogP contribution in [0.5, 0.6) is 0 Å². The highest BCUT2D eigenvalue weighted by Crippen LogP contribution is 2.34. The minimum Gasteiger partial charge on any atom is -0.342 e. The summed E-state index contributed by atoms with van der Waals surface area (Å²) in [5.74, 6) is -2.85. The molecule has 4 rings (SSSR count). The molecule has 4 heterocycles. The van der Waals surface area contributed by atoms with Gasteiger partial charge in [0.25, 0.3) is 5.92 Å². The number of pyridine rings is 1. The molecule has 0 aliphatic carbocycles. The fourth-order valence-electron chi connectivity index (χ4n) is 3.78. The largest absolute Gasteiger partial charge is 0.416 e. The summed E-state index contributed by atoms with van der Waals surface area (Å²) >= 11 is 0. The van der Waals surface area contributed by atoms with Crippen LogP contribution >= 0.6 is 0 Å². The predicted octanol–water partition coefficient (Wildman–Crippen LogP) is 3.82. The van der Waals surface area contributed by atoms with Crippen molar-refractivity contribution in [3.05, 3.63) is 35.7 Å². The van der Waals surface area contributed by atoms with E-state index in [0.717, 1.165) is 18.3 Å². The molecule has 1 unspecified atom stereocenters. The van der Waals surface area contributed by atoms with Crippen LogP contribution in [0.25, 0.3) is 0 Å². The van der Waals surface area contributed by atoms with E-state index in [0.29, 0.717) is 31.6 Å². The molecular formula is C20H21F5N6O. The van der Waals surface area contributed by atoms with Gasteiger partial charge in [-0.2, -0.15) is 18.2 Å².